The second kappa shape index (κ2) is 26.1. The Bertz CT molecular complexity index is 3900. The molecule has 8 nitrogen and oxygen atoms in total. The van der Waals surface area contributed by atoms with Gasteiger partial charge in [-0.3, -0.25) is 19.2 Å². The maximum absolute atomic E-state index is 16.0. The van der Waals surface area contributed by atoms with Crippen molar-refractivity contribution in [1.29, 1.82) is 0 Å². The van der Waals surface area contributed by atoms with Gasteiger partial charge in [0.1, 0.15) is 0 Å². The summed E-state index contributed by atoms with van der Waals surface area (Å²) in [5.41, 5.74) is -25.8. The molecule has 0 N–H and O–H groups in total. The molecule has 93 heavy (non-hydrogen) atoms. The van der Waals surface area contributed by atoms with Gasteiger partial charge >= 0.3 is 48.4 Å². The molecule has 2 saturated carbocycles. The quantitative estimate of drug-likeness (QED) is 0.0549. The summed E-state index contributed by atoms with van der Waals surface area (Å²) < 4.78 is 303. The highest BCUT2D eigenvalue weighted by Gasteiger charge is 2.75. The van der Waals surface area contributed by atoms with E-state index in [1.165, 1.54) is 48.5 Å². The normalized spacial score (nSPS) is 14.8. The number of Topliss-reactive ketones (excluding diaryl/α,β-unsaturated/α-hetero) is 2. The second-order valence-electron chi connectivity index (χ2n) is 21.5. The lowest BCUT2D eigenvalue weighted by Gasteiger charge is -2.31. The van der Waals surface area contributed by atoms with Gasteiger partial charge in [0, 0.05) is 51.7 Å². The first-order valence-electron chi connectivity index (χ1n) is 26.9. The highest BCUT2D eigenvalue weighted by Crippen LogP contribution is 2.56. The average molecular weight is 1400 g/mol. The maximum Gasteiger partial charge on any atom is 0.435 e. The van der Waals surface area contributed by atoms with Crippen molar-refractivity contribution in [1.82, 2.24) is 0 Å². The van der Waals surface area contributed by atoms with Crippen LogP contribution in [-0.4, -0.2) is 60.2 Å². The van der Waals surface area contributed by atoms with Crippen LogP contribution in [0.25, 0.3) is 9.69 Å². The van der Waals surface area contributed by atoms with Gasteiger partial charge in [-0.1, -0.05) is 88.7 Å². The molecule has 0 radical (unpaired) electrons. The summed E-state index contributed by atoms with van der Waals surface area (Å²) in [4.78, 5) is 62.1. The summed E-state index contributed by atoms with van der Waals surface area (Å²) >= 11 is 2.45. The summed E-state index contributed by atoms with van der Waals surface area (Å²) in [7, 11) is 0. The topological polar surface area (TPSA) is 83.5 Å². The second-order valence-corrected chi connectivity index (χ2v) is 22.3. The van der Waals surface area contributed by atoms with Crippen molar-refractivity contribution < 1.29 is 116 Å². The Kier molecular flexibility index (Phi) is 20.2. The highest BCUT2D eigenvalue weighted by molar-refractivity contribution is 9.10. The molecule has 6 aromatic carbocycles. The van der Waals surface area contributed by atoms with Crippen LogP contribution in [0.3, 0.4) is 0 Å². The molecule has 2 fully saturated rings. The van der Waals surface area contributed by atoms with Crippen LogP contribution in [0.15, 0.2) is 120 Å². The smallest absolute Gasteiger partial charge is 0.302 e. The van der Waals surface area contributed by atoms with E-state index in [-0.39, 0.29) is 52.5 Å². The fourth-order valence-corrected chi connectivity index (χ4v) is 10.7. The summed E-state index contributed by atoms with van der Waals surface area (Å²) in [5.74, 6) is -6.90. The number of ketones is 2. The largest absolute Gasteiger partial charge is 0.435 e. The van der Waals surface area contributed by atoms with Gasteiger partial charge in [-0.05, 0) is 105 Å². The number of alkyl halides is 20. The van der Waals surface area contributed by atoms with E-state index < -0.39 is 181 Å². The molecular weight excluding hydrogens is 1360 g/mol. The molecule has 31 heteroatoms. The number of nitrogens with zero attached hydrogens (tertiary/aromatic N) is 4. The summed E-state index contributed by atoms with van der Waals surface area (Å²) in [6.07, 6.45) is -38.1. The monoisotopic (exact) mass is 1400 g/mol. The lowest BCUT2D eigenvalue weighted by atomic mass is 9.89. The minimum Gasteiger partial charge on any atom is -0.302 e. The van der Waals surface area contributed by atoms with E-state index in [4.69, 9.17) is 13.1 Å². The molecule has 8 rings (SSSR count). The van der Waals surface area contributed by atoms with Crippen molar-refractivity contribution in [3.63, 3.8) is 0 Å². The molecule has 0 aromatic heterocycles. The number of hydrogen-bond donors (Lipinski definition) is 0. The molecule has 2 unspecified atom stereocenters. The van der Waals surface area contributed by atoms with Gasteiger partial charge in [0.15, 0.2) is 34.6 Å². The Morgan fingerprint density at radius 3 is 1.18 bits per heavy atom. The third kappa shape index (κ3) is 14.7. The molecule has 2 amide bonds. The van der Waals surface area contributed by atoms with E-state index in [0.29, 0.717) is 25.7 Å². The summed E-state index contributed by atoms with van der Waals surface area (Å²) in [5, 5.41) is 0. The molecule has 0 heterocycles. The molecule has 0 saturated heterocycles. The molecule has 2 aliphatic carbocycles. The molecule has 0 aliphatic heterocycles. The number of carbonyl (C=O) groups excluding carboxylic acids is 4. The number of anilines is 2. The maximum atomic E-state index is 16.0. The van der Waals surface area contributed by atoms with E-state index in [1.54, 1.807) is 13.8 Å². The van der Waals surface area contributed by atoms with Crippen molar-refractivity contribution in [3.05, 3.63) is 210 Å². The molecule has 2 atom stereocenters. The zero-order chi connectivity index (χ0) is 69.7. The number of hydrogen-bond acceptors (Lipinski definition) is 4. The van der Waals surface area contributed by atoms with Crippen molar-refractivity contribution in [2.45, 2.75) is 113 Å². The first-order valence-corrected chi connectivity index (χ1v) is 27.7. The van der Waals surface area contributed by atoms with E-state index in [1.807, 2.05) is 0 Å². The minimum atomic E-state index is -6.71. The zero-order valence-electron chi connectivity index (χ0n) is 47.1. The van der Waals surface area contributed by atoms with Crippen LogP contribution in [0.4, 0.5) is 119 Å². The van der Waals surface area contributed by atoms with Crippen molar-refractivity contribution in [2.24, 2.45) is 11.8 Å². The predicted molar refractivity (Wildman–Crippen MR) is 293 cm³/mol. The fraction of sp³-hybridized carbons (Fsp3) is 0.323. The first-order chi connectivity index (χ1) is 42.8. The van der Waals surface area contributed by atoms with E-state index in [9.17, 15) is 107 Å². The van der Waals surface area contributed by atoms with Crippen LogP contribution in [0.5, 0.6) is 0 Å². The third-order valence-electron chi connectivity index (χ3n) is 15.4. The molecule has 6 aromatic rings. The third-order valence-corrected chi connectivity index (χ3v) is 16.1. The Labute approximate surface area is 520 Å². The van der Waals surface area contributed by atoms with Gasteiger partial charge in [-0.2, -0.15) is 79.0 Å². The first kappa shape index (κ1) is 72.0. The van der Waals surface area contributed by atoms with E-state index in [0.717, 1.165) is 46.2 Å². The SMILES string of the molecule is [C-]#[N+]c1ccc(C(=O)N(c2cccc(C(=O)Cc3c(Br)cc(C(F)(C(F)(F)F)C(F)(F)F)cc3C(F)(F)F)c2F)C(C)C2CC2)cc1.[C-]#[N+]c1ccc(C(=O)N(c2cccc(C(=O)Cc3ccc(C(F)(C(F)(F)F)C(F)(F)F)cc3C(F)(F)F)c2F)C(C)C2CC2)cc1. The Hall–Kier alpha value is -8.48. The van der Waals surface area contributed by atoms with Crippen molar-refractivity contribution in [2.75, 3.05) is 9.80 Å². The minimum absolute atomic E-state index is 0.0471. The van der Waals surface area contributed by atoms with Gasteiger partial charge in [0.05, 0.1) is 46.8 Å². The van der Waals surface area contributed by atoms with Crippen LogP contribution in [-0.2, 0) is 36.5 Å². The zero-order valence-corrected chi connectivity index (χ0v) is 48.7. The van der Waals surface area contributed by atoms with Crippen LogP contribution >= 0.6 is 15.9 Å². The number of rotatable bonds is 16. The van der Waals surface area contributed by atoms with Crippen LogP contribution in [0, 0.1) is 36.6 Å². The number of amides is 2. The molecule has 494 valence electrons. The van der Waals surface area contributed by atoms with Gasteiger partial charge in [-0.15, -0.1) is 0 Å². The van der Waals surface area contributed by atoms with E-state index in [2.05, 4.69) is 25.6 Å². The fourth-order valence-electron chi connectivity index (χ4n) is 10.1. The Morgan fingerprint density at radius 1 is 0.484 bits per heavy atom. The van der Waals surface area contributed by atoms with Crippen LogP contribution in [0.2, 0.25) is 0 Å². The van der Waals surface area contributed by atoms with Crippen molar-refractivity contribution >= 4 is 62.1 Å². The number of carbonyl (C=O) groups is 4. The van der Waals surface area contributed by atoms with Crippen molar-refractivity contribution in [3.8, 4) is 0 Å². The molecule has 2 aliphatic rings. The van der Waals surface area contributed by atoms with Gasteiger partial charge < -0.3 is 9.80 Å². The van der Waals surface area contributed by atoms with Gasteiger partial charge in [0.2, 0.25) is 0 Å². The van der Waals surface area contributed by atoms with Gasteiger partial charge in [-0.25, -0.2) is 27.3 Å². The average Bonchev–Trinajstić information content (AvgIpc) is 1.25. The highest BCUT2D eigenvalue weighted by atomic mass is 79.9. The lowest BCUT2D eigenvalue weighted by Crippen LogP contribution is -2.50. The van der Waals surface area contributed by atoms with Gasteiger partial charge in [0.25, 0.3) is 11.8 Å². The standard InChI is InChI=1S/C31H20BrF11N2O2.C31H21F11N2O2/c1-15(16-6-7-16)45(27(47)17-8-10-19(44-2)11-9-17)24-5-3-4-20(26(24)33)25(46)14-21-22(29(35,36)37)12-18(13-23(21)32)28(34,30(38,39)40)31(41,42)43;1-16(17-6-7-17)44(27(46)18-9-12-21(43-2)13-10-18)24-5-3-4-22(26(24)32)25(45)14-19-8-11-20(15-23(19)29(34,35)36)28(33,30(37,38)39)31(40,41)42/h3-5,8-13,15-16H,6-7,14H2,1H3;3-5,8-13,15-17H,6-7,14H2,1H3. The summed E-state index contributed by atoms with van der Waals surface area (Å²) in [6, 6.07) is 14.3. The number of benzene rings is 6. The summed E-state index contributed by atoms with van der Waals surface area (Å²) in [6.45, 7) is 17.4. The molecule has 0 spiro atoms. The lowest BCUT2D eigenvalue weighted by molar-refractivity contribution is -0.349. The number of halogens is 23. The van der Waals surface area contributed by atoms with E-state index >= 15 is 8.78 Å². The predicted octanol–water partition coefficient (Wildman–Crippen LogP) is 19.9. The van der Waals surface area contributed by atoms with Crippen LogP contribution in [0.1, 0.15) is 114 Å². The van der Waals surface area contributed by atoms with Crippen LogP contribution < -0.4 is 9.80 Å². The Balaban J connectivity index is 0.000000264. The molecular formula is C62H41BrF22N4O4. The molecule has 0 bridgehead atoms. The Morgan fingerprint density at radius 2 is 0.839 bits per heavy atom.